The summed E-state index contributed by atoms with van der Waals surface area (Å²) in [5.74, 6) is -1.75. The second-order valence-corrected chi connectivity index (χ2v) is 4.54. The summed E-state index contributed by atoms with van der Waals surface area (Å²) in [6.07, 6.45) is -0.0356. The molecular formula is C9H9N3O4S. The molecule has 0 unspecified atom stereocenters. The van der Waals surface area contributed by atoms with Crippen LogP contribution in [0.4, 0.5) is 4.79 Å². The summed E-state index contributed by atoms with van der Waals surface area (Å²) in [5, 5.41) is 14.7. The van der Waals surface area contributed by atoms with Crippen molar-refractivity contribution in [2.45, 2.75) is 12.0 Å². The Labute approximate surface area is 99.8 Å². The van der Waals surface area contributed by atoms with Crippen molar-refractivity contribution >= 4 is 29.2 Å². The number of rotatable bonds is 3. The molecule has 1 aromatic rings. The van der Waals surface area contributed by atoms with Crippen molar-refractivity contribution in [2.75, 3.05) is 0 Å². The third-order valence-corrected chi connectivity index (χ3v) is 3.32. The maximum absolute atomic E-state index is 11.7. The lowest BCUT2D eigenvalue weighted by molar-refractivity contribution is -0.145. The Morgan fingerprint density at radius 2 is 1.94 bits per heavy atom. The number of hydrogen-bond acceptors (Lipinski definition) is 6. The summed E-state index contributed by atoms with van der Waals surface area (Å²) in [6.45, 7) is 0. The molecule has 0 spiro atoms. The number of thiophene rings is 1. The van der Waals surface area contributed by atoms with Crippen molar-refractivity contribution in [1.29, 1.82) is 0 Å². The standard InChI is InChI=1S/C9H9N3O4S/c13-6-9(12-16,4-5-2-1-3-17-5)7(14)11-8(15)10-6/h1-3,12,16H,4H2,(H2,10,11,13,14,15). The minimum absolute atomic E-state index is 0.0356. The maximum Gasteiger partial charge on any atom is 0.328 e. The molecule has 1 fully saturated rings. The molecule has 4 amide bonds. The molecule has 0 aromatic carbocycles. The molecule has 4 N–H and O–H groups in total. The largest absolute Gasteiger partial charge is 0.328 e. The molecule has 1 aliphatic heterocycles. The molecule has 0 saturated carbocycles. The van der Waals surface area contributed by atoms with E-state index in [-0.39, 0.29) is 6.42 Å². The van der Waals surface area contributed by atoms with Gasteiger partial charge in [0.05, 0.1) is 0 Å². The summed E-state index contributed by atoms with van der Waals surface area (Å²) in [4.78, 5) is 35.0. The zero-order chi connectivity index (χ0) is 12.5. The van der Waals surface area contributed by atoms with Gasteiger partial charge in [-0.05, 0) is 11.4 Å². The number of hydroxylamine groups is 1. The predicted molar refractivity (Wildman–Crippen MR) is 57.4 cm³/mol. The fourth-order valence-corrected chi connectivity index (χ4v) is 2.32. The third-order valence-electron chi connectivity index (χ3n) is 2.44. The second-order valence-electron chi connectivity index (χ2n) is 3.51. The highest BCUT2D eigenvalue weighted by Gasteiger charge is 2.50. The summed E-state index contributed by atoms with van der Waals surface area (Å²) >= 11 is 1.34. The molecule has 0 bridgehead atoms. The first kappa shape index (κ1) is 11.7. The zero-order valence-electron chi connectivity index (χ0n) is 8.52. The van der Waals surface area contributed by atoms with Crippen molar-refractivity contribution < 1.29 is 19.6 Å². The van der Waals surface area contributed by atoms with Crippen LogP contribution in [0.5, 0.6) is 0 Å². The Morgan fingerprint density at radius 1 is 1.29 bits per heavy atom. The minimum Gasteiger partial charge on any atom is -0.315 e. The molecular weight excluding hydrogens is 246 g/mol. The highest BCUT2D eigenvalue weighted by atomic mass is 32.1. The minimum atomic E-state index is -1.86. The lowest BCUT2D eigenvalue weighted by Crippen LogP contribution is -2.72. The van der Waals surface area contributed by atoms with Gasteiger partial charge in [0.2, 0.25) is 5.54 Å². The van der Waals surface area contributed by atoms with Crippen LogP contribution in [0.1, 0.15) is 4.88 Å². The predicted octanol–water partition coefficient (Wildman–Crippen LogP) is -0.626. The topological polar surface area (TPSA) is 108 Å². The van der Waals surface area contributed by atoms with Crippen LogP contribution in [-0.2, 0) is 16.0 Å². The molecule has 90 valence electrons. The normalized spacial score (nSPS) is 18.8. The Bertz CT molecular complexity index is 451. The number of carbonyl (C=O) groups is 3. The molecule has 17 heavy (non-hydrogen) atoms. The van der Waals surface area contributed by atoms with E-state index in [1.807, 2.05) is 10.6 Å². The molecule has 1 aromatic heterocycles. The van der Waals surface area contributed by atoms with Crippen LogP contribution in [0, 0.1) is 0 Å². The van der Waals surface area contributed by atoms with Crippen LogP contribution in [0.15, 0.2) is 17.5 Å². The van der Waals surface area contributed by atoms with Crippen molar-refractivity contribution in [3.8, 4) is 0 Å². The molecule has 1 saturated heterocycles. The SMILES string of the molecule is O=C1NC(=O)C(Cc2cccs2)(NO)C(=O)N1. The molecule has 2 rings (SSSR count). The van der Waals surface area contributed by atoms with Gasteiger partial charge in [0.1, 0.15) is 0 Å². The Kier molecular flexibility index (Phi) is 2.92. The third kappa shape index (κ3) is 1.93. The van der Waals surface area contributed by atoms with E-state index in [1.165, 1.54) is 11.3 Å². The number of carbonyl (C=O) groups excluding carboxylic acids is 3. The van der Waals surface area contributed by atoms with Crippen LogP contribution < -0.4 is 16.1 Å². The van der Waals surface area contributed by atoms with Gasteiger partial charge < -0.3 is 5.21 Å². The van der Waals surface area contributed by atoms with E-state index in [2.05, 4.69) is 0 Å². The molecule has 1 aliphatic rings. The molecule has 7 nitrogen and oxygen atoms in total. The smallest absolute Gasteiger partial charge is 0.315 e. The van der Waals surface area contributed by atoms with Gasteiger partial charge in [-0.25, -0.2) is 4.79 Å². The highest BCUT2D eigenvalue weighted by Crippen LogP contribution is 2.20. The summed E-state index contributed by atoms with van der Waals surface area (Å²) in [5.41, 5.74) is -0.156. The number of urea groups is 1. The van der Waals surface area contributed by atoms with Gasteiger partial charge in [0.15, 0.2) is 0 Å². The number of barbiturate groups is 1. The zero-order valence-corrected chi connectivity index (χ0v) is 9.34. The summed E-state index contributed by atoms with van der Waals surface area (Å²) in [7, 11) is 0. The average Bonchev–Trinajstić information content (AvgIpc) is 2.76. The van der Waals surface area contributed by atoms with Gasteiger partial charge in [-0.1, -0.05) is 6.07 Å². The fourth-order valence-electron chi connectivity index (χ4n) is 1.53. The van der Waals surface area contributed by atoms with E-state index in [0.29, 0.717) is 0 Å². The number of hydrogen-bond donors (Lipinski definition) is 4. The van der Waals surface area contributed by atoms with Crippen LogP contribution >= 0.6 is 11.3 Å². The van der Waals surface area contributed by atoms with Gasteiger partial charge in [-0.15, -0.1) is 11.3 Å². The second kappa shape index (κ2) is 4.24. The van der Waals surface area contributed by atoms with Crippen molar-refractivity contribution in [3.63, 3.8) is 0 Å². The number of nitrogens with one attached hydrogen (secondary N) is 3. The summed E-state index contributed by atoms with van der Waals surface area (Å²) in [6, 6.07) is 2.59. The van der Waals surface area contributed by atoms with Gasteiger partial charge in [0, 0.05) is 11.3 Å². The lowest BCUT2D eigenvalue weighted by Gasteiger charge is -2.31. The van der Waals surface area contributed by atoms with Gasteiger partial charge >= 0.3 is 6.03 Å². The Morgan fingerprint density at radius 3 is 2.41 bits per heavy atom. The van der Waals surface area contributed by atoms with E-state index < -0.39 is 23.4 Å². The Balaban J connectivity index is 2.32. The quantitative estimate of drug-likeness (QED) is 0.425. The van der Waals surface area contributed by atoms with Crippen molar-refractivity contribution in [1.82, 2.24) is 16.1 Å². The molecule has 0 aliphatic carbocycles. The maximum atomic E-state index is 11.7. The van der Waals surface area contributed by atoms with E-state index >= 15 is 0 Å². The van der Waals surface area contributed by atoms with Crippen molar-refractivity contribution in [2.24, 2.45) is 0 Å². The molecule has 0 atom stereocenters. The van der Waals surface area contributed by atoms with Crippen LogP contribution in [0.2, 0.25) is 0 Å². The monoisotopic (exact) mass is 255 g/mol. The highest BCUT2D eigenvalue weighted by molar-refractivity contribution is 7.09. The average molecular weight is 255 g/mol. The number of amides is 4. The lowest BCUT2D eigenvalue weighted by atomic mass is 9.91. The van der Waals surface area contributed by atoms with E-state index in [1.54, 1.807) is 23.0 Å². The van der Waals surface area contributed by atoms with Crippen LogP contribution in [0.25, 0.3) is 0 Å². The molecule has 8 heteroatoms. The first-order chi connectivity index (χ1) is 8.08. The number of imide groups is 2. The first-order valence-electron chi connectivity index (χ1n) is 4.69. The Hall–Kier alpha value is -1.77. The van der Waals surface area contributed by atoms with Crippen LogP contribution in [0.3, 0.4) is 0 Å². The first-order valence-corrected chi connectivity index (χ1v) is 5.57. The van der Waals surface area contributed by atoms with Crippen LogP contribution in [-0.4, -0.2) is 28.6 Å². The van der Waals surface area contributed by atoms with E-state index in [4.69, 9.17) is 5.21 Å². The van der Waals surface area contributed by atoms with E-state index in [0.717, 1.165) is 4.88 Å². The summed E-state index contributed by atoms with van der Waals surface area (Å²) < 4.78 is 0. The van der Waals surface area contributed by atoms with Gasteiger partial charge in [-0.3, -0.25) is 20.2 Å². The molecule has 2 heterocycles. The molecule has 0 radical (unpaired) electrons. The fraction of sp³-hybridized carbons (Fsp3) is 0.222. The van der Waals surface area contributed by atoms with Crippen molar-refractivity contribution in [3.05, 3.63) is 22.4 Å². The van der Waals surface area contributed by atoms with Gasteiger partial charge in [0.25, 0.3) is 11.8 Å². The van der Waals surface area contributed by atoms with E-state index in [9.17, 15) is 14.4 Å². The van der Waals surface area contributed by atoms with Gasteiger partial charge in [-0.2, -0.15) is 5.48 Å².